The van der Waals surface area contributed by atoms with Crippen LogP contribution in [-0.4, -0.2) is 37.2 Å². The fourth-order valence-corrected chi connectivity index (χ4v) is 4.95. The van der Waals surface area contributed by atoms with Gasteiger partial charge in [-0.15, -0.1) is 0 Å². The standard InChI is InChI=1S/C33H39N3O5/c1-20(30(39)40)41-28-15-11-8-12-21(28)18-35-25-13-9-10-14-26(25)36(31(35)34)19-27(37)22-16-23(32(2,3)4)29(38)24(17-22)33(5,6)7/h8-17,20,34,38H,18-19H2,1-7H3,(H,39,40). The van der Waals surface area contributed by atoms with Crippen LogP contribution in [0.2, 0.25) is 0 Å². The van der Waals surface area contributed by atoms with E-state index in [1.54, 1.807) is 33.4 Å². The Balaban J connectivity index is 1.78. The van der Waals surface area contributed by atoms with E-state index in [4.69, 9.17) is 10.1 Å². The summed E-state index contributed by atoms with van der Waals surface area (Å²) in [6.07, 6.45) is -1.03. The van der Waals surface area contributed by atoms with E-state index in [1.165, 1.54) is 6.92 Å². The van der Waals surface area contributed by atoms with Crippen molar-refractivity contribution >= 4 is 22.8 Å². The van der Waals surface area contributed by atoms with Gasteiger partial charge in [-0.2, -0.15) is 0 Å². The number of phenolic OH excluding ortho intramolecular Hbond substituents is 1. The Bertz CT molecular complexity index is 1650. The van der Waals surface area contributed by atoms with Crippen LogP contribution in [0.1, 0.15) is 75.5 Å². The lowest BCUT2D eigenvalue weighted by molar-refractivity contribution is -0.144. The van der Waals surface area contributed by atoms with Crippen molar-refractivity contribution < 1.29 is 24.5 Å². The monoisotopic (exact) mass is 557 g/mol. The Hall–Kier alpha value is -4.33. The number of para-hydroxylation sites is 3. The first-order valence-corrected chi connectivity index (χ1v) is 13.7. The van der Waals surface area contributed by atoms with Crippen molar-refractivity contribution in [3.63, 3.8) is 0 Å². The number of aromatic nitrogens is 2. The highest BCUT2D eigenvalue weighted by atomic mass is 16.5. The van der Waals surface area contributed by atoms with Crippen molar-refractivity contribution in [3.8, 4) is 11.5 Å². The van der Waals surface area contributed by atoms with E-state index in [0.29, 0.717) is 22.4 Å². The van der Waals surface area contributed by atoms with Gasteiger partial charge in [0.2, 0.25) is 5.62 Å². The van der Waals surface area contributed by atoms with Gasteiger partial charge in [-0.05, 0) is 48.1 Å². The molecule has 0 aliphatic rings. The molecular weight excluding hydrogens is 518 g/mol. The molecule has 0 saturated carbocycles. The van der Waals surface area contributed by atoms with Gasteiger partial charge >= 0.3 is 5.97 Å². The zero-order valence-corrected chi connectivity index (χ0v) is 24.8. The predicted molar refractivity (Wildman–Crippen MR) is 159 cm³/mol. The first kappa shape index (κ1) is 29.6. The molecule has 8 nitrogen and oxygen atoms in total. The largest absolute Gasteiger partial charge is 0.507 e. The summed E-state index contributed by atoms with van der Waals surface area (Å²) in [5.41, 5.74) is 3.50. The highest BCUT2D eigenvalue weighted by molar-refractivity contribution is 5.97. The topological polar surface area (TPSA) is 118 Å². The van der Waals surface area contributed by atoms with Gasteiger partial charge in [-0.3, -0.25) is 10.2 Å². The quantitative estimate of drug-likeness (QED) is 0.230. The maximum absolute atomic E-state index is 13.8. The van der Waals surface area contributed by atoms with Crippen molar-refractivity contribution in [3.05, 3.63) is 88.5 Å². The van der Waals surface area contributed by atoms with Crippen LogP contribution in [0.4, 0.5) is 0 Å². The lowest BCUT2D eigenvalue weighted by atomic mass is 9.78. The molecular formula is C33H39N3O5. The number of ketones is 1. The second-order valence-corrected chi connectivity index (χ2v) is 12.5. The first-order valence-electron chi connectivity index (χ1n) is 13.7. The molecule has 4 rings (SSSR count). The van der Waals surface area contributed by atoms with Gasteiger partial charge in [0.05, 0.1) is 24.1 Å². The Morgan fingerprint density at radius 2 is 1.39 bits per heavy atom. The molecule has 0 saturated heterocycles. The van der Waals surface area contributed by atoms with Gasteiger partial charge in [-0.25, -0.2) is 4.79 Å². The van der Waals surface area contributed by atoms with E-state index >= 15 is 0 Å². The number of hydrogen-bond donors (Lipinski definition) is 3. The summed E-state index contributed by atoms with van der Waals surface area (Å²) >= 11 is 0. The molecule has 4 aromatic rings. The Morgan fingerprint density at radius 1 is 0.878 bits per heavy atom. The molecule has 1 aromatic heterocycles. The van der Waals surface area contributed by atoms with Crippen molar-refractivity contribution in [1.29, 1.82) is 5.41 Å². The van der Waals surface area contributed by atoms with Crippen molar-refractivity contribution in [2.24, 2.45) is 0 Å². The number of carbonyl (C=O) groups excluding carboxylic acids is 1. The fraction of sp³-hybridized carbons (Fsp3) is 0.364. The number of nitrogens with zero attached hydrogens (tertiary/aromatic N) is 2. The number of nitrogens with one attached hydrogen (secondary N) is 1. The van der Waals surface area contributed by atoms with Crippen LogP contribution in [0.25, 0.3) is 11.0 Å². The van der Waals surface area contributed by atoms with Gasteiger partial charge in [0, 0.05) is 22.3 Å². The lowest BCUT2D eigenvalue weighted by Gasteiger charge is -2.28. The van der Waals surface area contributed by atoms with Gasteiger partial charge < -0.3 is 24.1 Å². The van der Waals surface area contributed by atoms with E-state index in [2.05, 4.69) is 0 Å². The average Bonchev–Trinajstić information content (AvgIpc) is 3.14. The van der Waals surface area contributed by atoms with E-state index in [-0.39, 0.29) is 41.1 Å². The summed E-state index contributed by atoms with van der Waals surface area (Å²) in [6, 6.07) is 18.2. The van der Waals surface area contributed by atoms with Crippen molar-refractivity contribution in [2.75, 3.05) is 0 Å². The summed E-state index contributed by atoms with van der Waals surface area (Å²) < 4.78 is 9.16. The zero-order chi connectivity index (χ0) is 30.3. The SMILES string of the molecule is CC(Oc1ccccc1Cn1c(=N)n(CC(=O)c2cc(C(C)(C)C)c(O)c(C(C)(C)C)c2)c2ccccc21)C(=O)O. The summed E-state index contributed by atoms with van der Waals surface area (Å²) in [5, 5.41) is 29.5. The van der Waals surface area contributed by atoms with Crippen LogP contribution in [-0.2, 0) is 28.7 Å². The number of phenols is 1. The predicted octanol–water partition coefficient (Wildman–Crippen LogP) is 6.01. The molecule has 3 aromatic carbocycles. The van der Waals surface area contributed by atoms with Crippen LogP contribution in [0.3, 0.4) is 0 Å². The highest BCUT2D eigenvalue weighted by Gasteiger charge is 2.28. The third-order valence-electron chi connectivity index (χ3n) is 7.28. The summed E-state index contributed by atoms with van der Waals surface area (Å²) in [7, 11) is 0. The smallest absolute Gasteiger partial charge is 0.344 e. The number of aromatic hydroxyl groups is 1. The van der Waals surface area contributed by atoms with E-state index in [9.17, 15) is 19.8 Å². The molecule has 0 spiro atoms. The molecule has 216 valence electrons. The third kappa shape index (κ3) is 6.06. The normalized spacial score (nSPS) is 12.9. The Labute approximate surface area is 240 Å². The molecule has 1 heterocycles. The number of Topliss-reactive ketones (excluding diaryl/α,β-unsaturated/α-hetero) is 1. The number of hydrogen-bond acceptors (Lipinski definition) is 5. The number of carbonyl (C=O) groups is 2. The molecule has 0 fully saturated rings. The molecule has 0 radical (unpaired) electrons. The molecule has 1 atom stereocenters. The fourth-order valence-electron chi connectivity index (χ4n) is 4.95. The molecule has 0 amide bonds. The second kappa shape index (κ2) is 10.9. The number of fused-ring (bicyclic) bond motifs is 1. The first-order chi connectivity index (χ1) is 19.1. The summed E-state index contributed by atoms with van der Waals surface area (Å²) in [6.45, 7) is 13.7. The maximum Gasteiger partial charge on any atom is 0.344 e. The van der Waals surface area contributed by atoms with E-state index < -0.39 is 12.1 Å². The Kier molecular flexibility index (Phi) is 7.89. The van der Waals surface area contributed by atoms with Gasteiger partial charge in [0.15, 0.2) is 11.9 Å². The van der Waals surface area contributed by atoms with E-state index in [1.807, 2.05) is 77.9 Å². The number of aliphatic carboxylic acids is 1. The molecule has 8 heteroatoms. The van der Waals surface area contributed by atoms with Gasteiger partial charge in [-0.1, -0.05) is 71.9 Å². The average molecular weight is 558 g/mol. The number of rotatable bonds is 8. The molecule has 1 unspecified atom stereocenters. The zero-order valence-electron chi connectivity index (χ0n) is 24.8. The van der Waals surface area contributed by atoms with Gasteiger partial charge in [0.1, 0.15) is 11.5 Å². The Morgan fingerprint density at radius 3 is 1.93 bits per heavy atom. The van der Waals surface area contributed by atoms with Crippen LogP contribution >= 0.6 is 0 Å². The number of carboxylic acid groups (broad SMARTS) is 1. The molecule has 3 N–H and O–H groups in total. The van der Waals surface area contributed by atoms with Crippen LogP contribution in [0, 0.1) is 5.41 Å². The number of ether oxygens (including phenoxy) is 1. The number of carboxylic acids is 1. The second-order valence-electron chi connectivity index (χ2n) is 12.5. The molecule has 41 heavy (non-hydrogen) atoms. The third-order valence-corrected chi connectivity index (χ3v) is 7.28. The molecule has 0 aliphatic carbocycles. The minimum Gasteiger partial charge on any atom is -0.507 e. The maximum atomic E-state index is 13.8. The molecule has 0 bridgehead atoms. The minimum absolute atomic E-state index is 0.0571. The summed E-state index contributed by atoms with van der Waals surface area (Å²) in [5.74, 6) is -0.593. The number of imidazole rings is 1. The minimum atomic E-state index is -1.07. The lowest BCUT2D eigenvalue weighted by Crippen LogP contribution is -2.28. The van der Waals surface area contributed by atoms with Crippen molar-refractivity contribution in [1.82, 2.24) is 9.13 Å². The molecule has 0 aliphatic heterocycles. The van der Waals surface area contributed by atoms with Gasteiger partial charge in [0.25, 0.3) is 0 Å². The summed E-state index contributed by atoms with van der Waals surface area (Å²) in [4.78, 5) is 25.2. The van der Waals surface area contributed by atoms with Crippen LogP contribution < -0.4 is 10.4 Å². The number of benzene rings is 3. The highest BCUT2D eigenvalue weighted by Crippen LogP contribution is 2.40. The van der Waals surface area contributed by atoms with Crippen LogP contribution in [0.5, 0.6) is 11.5 Å². The van der Waals surface area contributed by atoms with Crippen LogP contribution in [0.15, 0.2) is 60.7 Å². The van der Waals surface area contributed by atoms with Crippen molar-refractivity contribution in [2.45, 2.75) is 78.5 Å². The van der Waals surface area contributed by atoms with E-state index in [0.717, 1.165) is 16.6 Å².